The minimum Gasteiger partial charge on any atom is -0.382 e. The summed E-state index contributed by atoms with van der Waals surface area (Å²) < 4.78 is 1.67. The van der Waals surface area contributed by atoms with Gasteiger partial charge in [-0.2, -0.15) is 5.26 Å². The number of likely N-dealkylation sites (tertiary alicyclic amines) is 1. The quantitative estimate of drug-likeness (QED) is 0.601. The number of nitriles is 1. The lowest BCUT2D eigenvalue weighted by atomic mass is 10.2. The Kier molecular flexibility index (Phi) is 6.02. The van der Waals surface area contributed by atoms with Crippen LogP contribution in [0.1, 0.15) is 37.2 Å². The molecule has 3 aromatic rings. The number of rotatable bonds is 6. The minimum absolute atomic E-state index is 0.0943. The first-order chi connectivity index (χ1) is 15.0. The van der Waals surface area contributed by atoms with Crippen LogP contribution in [0.4, 0.5) is 11.6 Å². The number of fused-ring (bicyclic) bond motifs is 1. The molecule has 10 heteroatoms. The van der Waals surface area contributed by atoms with E-state index in [2.05, 4.69) is 20.2 Å². The lowest BCUT2D eigenvalue weighted by molar-refractivity contribution is 0.317. The summed E-state index contributed by atoms with van der Waals surface area (Å²) >= 11 is 6.33. The molecule has 31 heavy (non-hydrogen) atoms. The Labute approximate surface area is 184 Å². The first-order valence-corrected chi connectivity index (χ1v) is 10.6. The average molecular weight is 439 g/mol. The zero-order valence-electron chi connectivity index (χ0n) is 17.2. The summed E-state index contributed by atoms with van der Waals surface area (Å²) in [6.07, 6.45) is 3.64. The highest BCUT2D eigenvalue weighted by molar-refractivity contribution is 6.35. The van der Waals surface area contributed by atoms with Crippen molar-refractivity contribution in [1.29, 1.82) is 5.26 Å². The second kappa shape index (κ2) is 8.88. The number of nitrogen functional groups attached to an aromatic ring is 1. The molecule has 0 saturated carbocycles. The number of aromatic nitrogens is 4. The summed E-state index contributed by atoms with van der Waals surface area (Å²) in [7, 11) is 0. The zero-order chi connectivity index (χ0) is 22.0. The molecule has 3 heterocycles. The first-order valence-electron chi connectivity index (χ1n) is 10.2. The number of hydrogen-bond acceptors (Lipinski definition) is 8. The highest BCUT2D eigenvalue weighted by Crippen LogP contribution is 2.24. The Morgan fingerprint density at radius 2 is 2.06 bits per heavy atom. The highest BCUT2D eigenvalue weighted by atomic mass is 35.5. The van der Waals surface area contributed by atoms with Crippen LogP contribution in [0.25, 0.3) is 10.9 Å². The van der Waals surface area contributed by atoms with E-state index >= 15 is 0 Å². The van der Waals surface area contributed by atoms with Crippen LogP contribution in [0, 0.1) is 11.3 Å². The van der Waals surface area contributed by atoms with Gasteiger partial charge in [-0.1, -0.05) is 17.7 Å². The third kappa shape index (κ3) is 4.17. The van der Waals surface area contributed by atoms with Crippen LogP contribution in [-0.2, 0) is 6.54 Å². The van der Waals surface area contributed by atoms with Crippen molar-refractivity contribution in [2.45, 2.75) is 32.4 Å². The average Bonchev–Trinajstić information content (AvgIpc) is 3.26. The van der Waals surface area contributed by atoms with Crippen molar-refractivity contribution >= 4 is 34.1 Å². The van der Waals surface area contributed by atoms with Gasteiger partial charge < -0.3 is 16.0 Å². The molecule has 1 aliphatic heterocycles. The Morgan fingerprint density at radius 1 is 1.29 bits per heavy atom. The van der Waals surface area contributed by atoms with E-state index in [1.807, 2.05) is 13.0 Å². The predicted molar refractivity (Wildman–Crippen MR) is 120 cm³/mol. The fraction of sp³-hybridized carbons (Fsp3) is 0.381. The maximum Gasteiger partial charge on any atom is 0.263 e. The van der Waals surface area contributed by atoms with Crippen LogP contribution in [0.5, 0.6) is 0 Å². The first kappa shape index (κ1) is 21.0. The van der Waals surface area contributed by atoms with Crippen molar-refractivity contribution in [2.24, 2.45) is 0 Å². The summed E-state index contributed by atoms with van der Waals surface area (Å²) in [6.45, 7) is 5.17. The molecule has 4 rings (SSSR count). The normalized spacial score (nSPS) is 15.1. The molecule has 1 aromatic carbocycles. The summed E-state index contributed by atoms with van der Waals surface area (Å²) in [6, 6.07) is 6.84. The molecule has 1 atom stereocenters. The van der Waals surface area contributed by atoms with Gasteiger partial charge in [-0.15, -0.1) is 0 Å². The number of hydrogen-bond donors (Lipinski definition) is 2. The molecule has 1 fully saturated rings. The van der Waals surface area contributed by atoms with Crippen molar-refractivity contribution in [1.82, 2.24) is 24.4 Å². The van der Waals surface area contributed by atoms with E-state index in [0.29, 0.717) is 34.1 Å². The fourth-order valence-corrected chi connectivity index (χ4v) is 4.17. The van der Waals surface area contributed by atoms with Crippen molar-refractivity contribution in [3.05, 3.63) is 51.3 Å². The fourth-order valence-electron chi connectivity index (χ4n) is 3.92. The predicted octanol–water partition coefficient (Wildman–Crippen LogP) is 2.56. The second-order valence-electron chi connectivity index (χ2n) is 7.57. The maximum atomic E-state index is 13.4. The third-order valence-corrected chi connectivity index (χ3v) is 5.84. The Hall–Kier alpha value is -3.22. The van der Waals surface area contributed by atoms with Gasteiger partial charge in [0.05, 0.1) is 22.0 Å². The van der Waals surface area contributed by atoms with E-state index in [4.69, 9.17) is 22.3 Å². The van der Waals surface area contributed by atoms with E-state index in [1.54, 1.807) is 22.8 Å². The standard InChI is InChI=1S/C21H23ClN8O/c1-13(27-19-14(11-23)18(24)25-12-26-19)20-28-16-6-4-5-15(22)17(16)21(31)30(20)10-9-29-7-2-3-8-29/h4-6,12-13H,2-3,7-10H2,1H3,(H3,24,25,26,27)/t13-/m0/s1. The van der Waals surface area contributed by atoms with Gasteiger partial charge in [0.1, 0.15) is 35.4 Å². The smallest absolute Gasteiger partial charge is 0.263 e. The van der Waals surface area contributed by atoms with Crippen molar-refractivity contribution in [2.75, 3.05) is 30.7 Å². The van der Waals surface area contributed by atoms with Gasteiger partial charge in [0.2, 0.25) is 0 Å². The molecular formula is C21H23ClN8O. The lowest BCUT2D eigenvalue weighted by Crippen LogP contribution is -2.33. The van der Waals surface area contributed by atoms with E-state index < -0.39 is 6.04 Å². The Balaban J connectivity index is 1.76. The number of benzene rings is 1. The highest BCUT2D eigenvalue weighted by Gasteiger charge is 2.21. The van der Waals surface area contributed by atoms with E-state index in [0.717, 1.165) is 19.6 Å². The van der Waals surface area contributed by atoms with Crippen molar-refractivity contribution in [3.8, 4) is 6.07 Å². The molecule has 9 nitrogen and oxygen atoms in total. The Morgan fingerprint density at radius 3 is 2.81 bits per heavy atom. The largest absolute Gasteiger partial charge is 0.382 e. The van der Waals surface area contributed by atoms with Crippen molar-refractivity contribution in [3.63, 3.8) is 0 Å². The number of nitrogens with zero attached hydrogens (tertiary/aromatic N) is 6. The number of anilines is 2. The molecule has 2 aromatic heterocycles. The molecule has 0 radical (unpaired) electrons. The number of nitrogens with one attached hydrogen (secondary N) is 1. The Bertz CT molecular complexity index is 1210. The van der Waals surface area contributed by atoms with Crippen LogP contribution in [-0.4, -0.2) is 44.1 Å². The number of halogens is 1. The van der Waals surface area contributed by atoms with Crippen molar-refractivity contribution < 1.29 is 0 Å². The monoisotopic (exact) mass is 438 g/mol. The summed E-state index contributed by atoms with van der Waals surface area (Å²) in [5.41, 5.74) is 6.31. The lowest BCUT2D eigenvalue weighted by Gasteiger charge is -2.22. The minimum atomic E-state index is -0.420. The van der Waals surface area contributed by atoms with Gasteiger partial charge in [0.25, 0.3) is 5.56 Å². The van der Waals surface area contributed by atoms with Crippen LogP contribution in [0.15, 0.2) is 29.3 Å². The van der Waals surface area contributed by atoms with E-state index in [9.17, 15) is 10.1 Å². The molecule has 0 amide bonds. The molecular weight excluding hydrogens is 416 g/mol. The molecule has 0 bridgehead atoms. The third-order valence-electron chi connectivity index (χ3n) is 5.53. The molecule has 1 saturated heterocycles. The summed E-state index contributed by atoms with van der Waals surface area (Å²) in [5.74, 6) is 0.936. The number of nitrogens with two attached hydrogens (primary N) is 1. The van der Waals surface area contributed by atoms with Gasteiger partial charge in [-0.3, -0.25) is 9.36 Å². The van der Waals surface area contributed by atoms with Gasteiger partial charge in [-0.05, 0) is 45.0 Å². The topological polar surface area (TPSA) is 126 Å². The van der Waals surface area contributed by atoms with Crippen LogP contribution >= 0.6 is 11.6 Å². The van der Waals surface area contributed by atoms with Crippen LogP contribution in [0.2, 0.25) is 5.02 Å². The van der Waals surface area contributed by atoms with Crippen LogP contribution in [0.3, 0.4) is 0 Å². The van der Waals surface area contributed by atoms with Gasteiger partial charge in [0.15, 0.2) is 0 Å². The van der Waals surface area contributed by atoms with Gasteiger partial charge in [-0.25, -0.2) is 15.0 Å². The second-order valence-corrected chi connectivity index (χ2v) is 7.98. The zero-order valence-corrected chi connectivity index (χ0v) is 17.9. The van der Waals surface area contributed by atoms with Crippen LogP contribution < -0.4 is 16.6 Å². The molecule has 1 aliphatic rings. The SMILES string of the molecule is C[C@H](Nc1ncnc(N)c1C#N)c1nc2cccc(Cl)c2c(=O)n1CCN1CCCC1. The molecule has 160 valence electrons. The van der Waals surface area contributed by atoms with E-state index in [-0.39, 0.29) is 16.9 Å². The van der Waals surface area contributed by atoms with Gasteiger partial charge >= 0.3 is 0 Å². The van der Waals surface area contributed by atoms with Gasteiger partial charge in [0, 0.05) is 13.1 Å². The summed E-state index contributed by atoms with van der Waals surface area (Å²) in [4.78, 5) is 28.5. The van der Waals surface area contributed by atoms with E-state index in [1.165, 1.54) is 19.2 Å². The molecule has 3 N–H and O–H groups in total. The molecule has 0 unspecified atom stereocenters. The molecule has 0 spiro atoms. The summed E-state index contributed by atoms with van der Waals surface area (Å²) in [5, 5.41) is 13.4. The maximum absolute atomic E-state index is 13.4. The molecule has 0 aliphatic carbocycles.